The van der Waals surface area contributed by atoms with Gasteiger partial charge in [0.2, 0.25) is 0 Å². The highest BCUT2D eigenvalue weighted by Gasteiger charge is 2.24. The zero-order valence-corrected chi connectivity index (χ0v) is 14.3. The molecule has 114 valence electrons. The summed E-state index contributed by atoms with van der Waals surface area (Å²) >= 11 is 18.4. The van der Waals surface area contributed by atoms with E-state index >= 15 is 0 Å². The molecule has 0 fully saturated rings. The van der Waals surface area contributed by atoms with E-state index in [4.69, 9.17) is 34.8 Å². The van der Waals surface area contributed by atoms with Crippen LogP contribution in [0.1, 0.15) is 42.7 Å². The van der Waals surface area contributed by atoms with Gasteiger partial charge in [-0.05, 0) is 29.7 Å². The van der Waals surface area contributed by atoms with Gasteiger partial charge in [0.15, 0.2) is 0 Å². The molecule has 0 aliphatic rings. The number of rotatable bonds is 4. The Kier molecular flexibility index (Phi) is 5.20. The van der Waals surface area contributed by atoms with Crippen LogP contribution >= 0.6 is 34.8 Å². The Morgan fingerprint density at radius 3 is 2.52 bits per heavy atom. The second-order valence-electron chi connectivity index (χ2n) is 5.32. The van der Waals surface area contributed by atoms with Crippen molar-refractivity contribution in [3.05, 3.63) is 50.2 Å². The maximum atomic E-state index is 10.6. The lowest BCUT2D eigenvalue weighted by Gasteiger charge is -2.14. The maximum absolute atomic E-state index is 10.6. The van der Waals surface area contributed by atoms with E-state index in [-0.39, 0.29) is 5.92 Å². The molecule has 1 heterocycles. The quantitative estimate of drug-likeness (QED) is 0.864. The van der Waals surface area contributed by atoms with Crippen molar-refractivity contribution < 1.29 is 5.11 Å². The standard InChI is InChI=1S/C15H17Cl3N2O/c1-8(2)14-13(15(18)20(3)19-14)12(21)7-9-6-10(16)4-5-11(9)17/h4-6,8,12,21H,7H2,1-3H3. The van der Waals surface area contributed by atoms with Gasteiger partial charge in [0, 0.05) is 29.1 Å². The van der Waals surface area contributed by atoms with Crippen LogP contribution in [-0.4, -0.2) is 14.9 Å². The summed E-state index contributed by atoms with van der Waals surface area (Å²) in [6.07, 6.45) is -0.440. The van der Waals surface area contributed by atoms with Gasteiger partial charge in [-0.2, -0.15) is 5.10 Å². The number of aliphatic hydroxyl groups excluding tert-OH is 1. The van der Waals surface area contributed by atoms with Gasteiger partial charge in [-0.25, -0.2) is 0 Å². The Hall–Kier alpha value is -0.740. The van der Waals surface area contributed by atoms with Crippen molar-refractivity contribution in [2.75, 3.05) is 0 Å². The van der Waals surface area contributed by atoms with Gasteiger partial charge in [-0.3, -0.25) is 4.68 Å². The molecule has 0 amide bonds. The second-order valence-corrected chi connectivity index (χ2v) is 6.53. The van der Waals surface area contributed by atoms with Crippen LogP contribution in [0, 0.1) is 0 Å². The van der Waals surface area contributed by atoms with Crippen LogP contribution in [0.3, 0.4) is 0 Å². The molecular weight excluding hydrogens is 331 g/mol. The largest absolute Gasteiger partial charge is 0.388 e. The van der Waals surface area contributed by atoms with E-state index in [1.807, 2.05) is 13.8 Å². The summed E-state index contributed by atoms with van der Waals surface area (Å²) in [6.45, 7) is 4.03. The van der Waals surface area contributed by atoms with E-state index in [0.29, 0.717) is 27.2 Å². The number of halogens is 3. The van der Waals surface area contributed by atoms with Crippen LogP contribution in [0.2, 0.25) is 15.2 Å². The van der Waals surface area contributed by atoms with Gasteiger partial charge in [-0.1, -0.05) is 48.7 Å². The average molecular weight is 348 g/mol. The molecule has 0 radical (unpaired) electrons. The molecule has 21 heavy (non-hydrogen) atoms. The maximum Gasteiger partial charge on any atom is 0.132 e. The predicted molar refractivity (Wildman–Crippen MR) is 87.4 cm³/mol. The summed E-state index contributed by atoms with van der Waals surface area (Å²) in [5, 5.41) is 16.6. The van der Waals surface area contributed by atoms with E-state index < -0.39 is 6.10 Å². The fourth-order valence-electron chi connectivity index (χ4n) is 2.28. The molecular formula is C15H17Cl3N2O. The second kappa shape index (κ2) is 6.57. The van der Waals surface area contributed by atoms with Crippen molar-refractivity contribution in [3.63, 3.8) is 0 Å². The van der Waals surface area contributed by atoms with Crippen LogP contribution in [-0.2, 0) is 13.5 Å². The molecule has 6 heteroatoms. The minimum atomic E-state index is -0.778. The first-order valence-electron chi connectivity index (χ1n) is 6.65. The first kappa shape index (κ1) is 16.6. The SMILES string of the molecule is CC(C)c1nn(C)c(Cl)c1C(O)Cc1cc(Cl)ccc1Cl. The Morgan fingerprint density at radius 2 is 1.90 bits per heavy atom. The molecule has 1 aromatic carbocycles. The number of aryl methyl sites for hydroxylation is 1. The van der Waals surface area contributed by atoms with E-state index in [9.17, 15) is 5.11 Å². The minimum absolute atomic E-state index is 0.170. The third kappa shape index (κ3) is 3.54. The van der Waals surface area contributed by atoms with Crippen molar-refractivity contribution in [3.8, 4) is 0 Å². The number of nitrogens with zero attached hydrogens (tertiary/aromatic N) is 2. The van der Waals surface area contributed by atoms with Gasteiger partial charge >= 0.3 is 0 Å². The van der Waals surface area contributed by atoms with Crippen LogP contribution in [0.25, 0.3) is 0 Å². The van der Waals surface area contributed by atoms with Crippen molar-refractivity contribution in [1.29, 1.82) is 0 Å². The molecule has 0 saturated carbocycles. The monoisotopic (exact) mass is 346 g/mol. The molecule has 2 aromatic rings. The lowest BCUT2D eigenvalue weighted by molar-refractivity contribution is 0.177. The number of hydrogen-bond acceptors (Lipinski definition) is 2. The minimum Gasteiger partial charge on any atom is -0.388 e. The molecule has 1 N–H and O–H groups in total. The smallest absolute Gasteiger partial charge is 0.132 e. The summed E-state index contributed by atoms with van der Waals surface area (Å²) in [4.78, 5) is 0. The summed E-state index contributed by atoms with van der Waals surface area (Å²) in [5.41, 5.74) is 2.24. The zero-order chi connectivity index (χ0) is 15.7. The fraction of sp³-hybridized carbons (Fsp3) is 0.400. The molecule has 1 aromatic heterocycles. The number of aliphatic hydroxyl groups is 1. The molecule has 3 nitrogen and oxygen atoms in total. The van der Waals surface area contributed by atoms with E-state index in [1.54, 1.807) is 29.9 Å². The molecule has 0 aliphatic carbocycles. The topological polar surface area (TPSA) is 38.0 Å². The first-order valence-corrected chi connectivity index (χ1v) is 7.79. The van der Waals surface area contributed by atoms with Gasteiger partial charge in [-0.15, -0.1) is 0 Å². The average Bonchev–Trinajstić information content (AvgIpc) is 2.70. The van der Waals surface area contributed by atoms with E-state index in [2.05, 4.69) is 5.10 Å². The summed E-state index contributed by atoms with van der Waals surface area (Å²) in [6, 6.07) is 5.20. The molecule has 0 bridgehead atoms. The van der Waals surface area contributed by atoms with Gasteiger partial charge in [0.05, 0.1) is 11.8 Å². The normalized spacial score (nSPS) is 13.0. The Bertz CT molecular complexity index is 653. The summed E-state index contributed by atoms with van der Waals surface area (Å²) in [7, 11) is 1.76. The number of hydrogen-bond donors (Lipinski definition) is 1. The van der Waals surface area contributed by atoms with Crippen LogP contribution in [0.15, 0.2) is 18.2 Å². The summed E-state index contributed by atoms with van der Waals surface area (Å²) < 4.78 is 1.58. The Balaban J connectivity index is 2.36. The van der Waals surface area contributed by atoms with Crippen LogP contribution in [0.4, 0.5) is 0 Å². The molecule has 1 atom stereocenters. The highest BCUT2D eigenvalue weighted by molar-refractivity contribution is 6.33. The van der Waals surface area contributed by atoms with E-state index in [0.717, 1.165) is 11.3 Å². The molecule has 0 spiro atoms. The molecule has 0 aliphatic heterocycles. The van der Waals surface area contributed by atoms with Crippen molar-refractivity contribution in [2.24, 2.45) is 7.05 Å². The predicted octanol–water partition coefficient (Wildman–Crippen LogP) is 4.78. The van der Waals surface area contributed by atoms with E-state index in [1.165, 1.54) is 0 Å². The Morgan fingerprint density at radius 1 is 1.24 bits per heavy atom. The molecule has 1 unspecified atom stereocenters. The molecule has 0 saturated heterocycles. The van der Waals surface area contributed by atoms with Gasteiger partial charge in [0.25, 0.3) is 0 Å². The lowest BCUT2D eigenvalue weighted by Crippen LogP contribution is -2.06. The van der Waals surface area contributed by atoms with Crippen molar-refractivity contribution in [2.45, 2.75) is 32.3 Å². The lowest BCUT2D eigenvalue weighted by atomic mass is 9.97. The Labute approximate surface area is 139 Å². The molecule has 2 rings (SSSR count). The van der Waals surface area contributed by atoms with Gasteiger partial charge < -0.3 is 5.11 Å². The number of benzene rings is 1. The van der Waals surface area contributed by atoms with Crippen LogP contribution in [0.5, 0.6) is 0 Å². The fourth-order valence-corrected chi connectivity index (χ4v) is 2.93. The highest BCUT2D eigenvalue weighted by atomic mass is 35.5. The zero-order valence-electron chi connectivity index (χ0n) is 12.1. The summed E-state index contributed by atoms with van der Waals surface area (Å²) in [5.74, 6) is 0.170. The van der Waals surface area contributed by atoms with Crippen molar-refractivity contribution >= 4 is 34.8 Å². The third-order valence-electron chi connectivity index (χ3n) is 3.34. The number of aromatic nitrogens is 2. The third-order valence-corrected chi connectivity index (χ3v) is 4.39. The van der Waals surface area contributed by atoms with Crippen molar-refractivity contribution in [1.82, 2.24) is 9.78 Å². The van der Waals surface area contributed by atoms with Gasteiger partial charge in [0.1, 0.15) is 5.15 Å². The first-order chi connectivity index (χ1) is 9.81. The highest BCUT2D eigenvalue weighted by Crippen LogP contribution is 2.34. The van der Waals surface area contributed by atoms with Crippen LogP contribution < -0.4 is 0 Å².